The Kier molecular flexibility index (Phi) is 11.3. The number of allylic oxidation sites excluding steroid dienone is 4. The first-order chi connectivity index (χ1) is 24.9. The number of benzene rings is 4. The van der Waals surface area contributed by atoms with E-state index >= 15 is 0 Å². The Bertz CT molecular complexity index is 1990. The number of piperazine rings is 1. The lowest BCUT2D eigenvalue weighted by Crippen LogP contribution is -2.44. The number of carbonyl (C=O) groups is 2. The summed E-state index contributed by atoms with van der Waals surface area (Å²) in [6, 6.07) is 35.6. The first kappa shape index (κ1) is 34.8. The lowest BCUT2D eigenvalue weighted by Gasteiger charge is -2.34. The normalized spacial score (nSPS) is 13.4. The molecule has 0 bridgehead atoms. The standard InChI is InChI=1S/C44H43N5O2/c1-4-6-34(5-2)35-11-7-32(8-12-35)29-43(50)46-30-33-9-13-36(14-10-33)39-19-24-42(45-31-39)37-15-17-38(18-16-37)44(51)47-40-20-22-41(23-21-40)49-27-25-48(3)26-28-49/h4-24,31H,1-2,25-30H2,3H3,(H,46,50)(H,47,51). The maximum Gasteiger partial charge on any atom is 0.255 e. The number of aromatic nitrogens is 1. The fourth-order valence-corrected chi connectivity index (χ4v) is 6.04. The lowest BCUT2D eigenvalue weighted by molar-refractivity contribution is -0.120. The van der Waals surface area contributed by atoms with Crippen molar-refractivity contribution < 1.29 is 9.59 Å². The van der Waals surface area contributed by atoms with Crippen LogP contribution >= 0.6 is 0 Å². The summed E-state index contributed by atoms with van der Waals surface area (Å²) in [5.74, 6) is -0.178. The van der Waals surface area contributed by atoms with E-state index in [9.17, 15) is 9.59 Å². The molecule has 0 radical (unpaired) electrons. The molecule has 0 atom stereocenters. The van der Waals surface area contributed by atoms with Crippen LogP contribution in [0.4, 0.5) is 11.4 Å². The summed E-state index contributed by atoms with van der Waals surface area (Å²) in [5, 5.41) is 6.03. The topological polar surface area (TPSA) is 77.6 Å². The van der Waals surface area contributed by atoms with Gasteiger partial charge >= 0.3 is 0 Å². The van der Waals surface area contributed by atoms with Gasteiger partial charge in [-0.05, 0) is 77.3 Å². The van der Waals surface area contributed by atoms with Gasteiger partial charge in [0.2, 0.25) is 5.91 Å². The number of nitrogens with one attached hydrogen (secondary N) is 2. The highest BCUT2D eigenvalue weighted by Gasteiger charge is 2.15. The van der Waals surface area contributed by atoms with E-state index in [-0.39, 0.29) is 11.8 Å². The fourth-order valence-electron chi connectivity index (χ4n) is 6.04. The van der Waals surface area contributed by atoms with Gasteiger partial charge in [0.1, 0.15) is 0 Å². The van der Waals surface area contributed by atoms with E-state index in [1.165, 1.54) is 5.69 Å². The minimum absolute atomic E-state index is 0.0303. The molecule has 7 heteroatoms. The van der Waals surface area contributed by atoms with Crippen LogP contribution in [0, 0.1) is 0 Å². The van der Waals surface area contributed by atoms with Crippen LogP contribution in [0.25, 0.3) is 28.0 Å². The minimum atomic E-state index is -0.148. The second-order valence-electron chi connectivity index (χ2n) is 12.7. The monoisotopic (exact) mass is 673 g/mol. The molecular weight excluding hydrogens is 631 g/mol. The van der Waals surface area contributed by atoms with E-state index in [0.29, 0.717) is 18.5 Å². The molecule has 1 saturated heterocycles. The Labute approximate surface area is 300 Å². The first-order valence-corrected chi connectivity index (χ1v) is 17.2. The molecule has 2 N–H and O–H groups in total. The van der Waals surface area contributed by atoms with Crippen LogP contribution in [0.1, 0.15) is 27.0 Å². The van der Waals surface area contributed by atoms with Crippen molar-refractivity contribution in [1.29, 1.82) is 0 Å². The Hall–Kier alpha value is -6.05. The molecule has 2 amide bonds. The van der Waals surface area contributed by atoms with E-state index in [0.717, 1.165) is 76.5 Å². The van der Waals surface area contributed by atoms with Crippen LogP contribution in [-0.2, 0) is 17.8 Å². The zero-order valence-electron chi connectivity index (χ0n) is 29.0. The van der Waals surface area contributed by atoms with E-state index < -0.39 is 0 Å². The van der Waals surface area contributed by atoms with Gasteiger partial charge in [0.15, 0.2) is 0 Å². The molecule has 4 aromatic carbocycles. The maximum absolute atomic E-state index is 12.9. The maximum atomic E-state index is 12.9. The molecule has 6 rings (SSSR count). The molecule has 7 nitrogen and oxygen atoms in total. The molecule has 0 unspecified atom stereocenters. The SMILES string of the molecule is C=CC=C(C=C)c1ccc(CC(=O)NCc2ccc(-c3ccc(-c4ccc(C(=O)Nc5ccc(N6CCN(C)CC6)cc5)cc4)nc3)cc2)cc1. The Morgan fingerprint density at radius 2 is 1.35 bits per heavy atom. The highest BCUT2D eigenvalue weighted by atomic mass is 16.2. The average Bonchev–Trinajstić information content (AvgIpc) is 3.17. The number of hydrogen-bond donors (Lipinski definition) is 2. The lowest BCUT2D eigenvalue weighted by atomic mass is 10.0. The summed E-state index contributed by atoms with van der Waals surface area (Å²) in [6.07, 6.45) is 7.60. The van der Waals surface area contributed by atoms with Crippen molar-refractivity contribution in [2.24, 2.45) is 0 Å². The van der Waals surface area contributed by atoms with Crippen LogP contribution in [0.5, 0.6) is 0 Å². The van der Waals surface area contributed by atoms with Crippen LogP contribution in [0.15, 0.2) is 147 Å². The summed E-state index contributed by atoms with van der Waals surface area (Å²) in [7, 11) is 2.15. The van der Waals surface area contributed by atoms with Gasteiger partial charge in [0.05, 0.1) is 12.1 Å². The van der Waals surface area contributed by atoms with Crippen molar-refractivity contribution >= 4 is 28.8 Å². The summed E-state index contributed by atoms with van der Waals surface area (Å²) >= 11 is 0. The molecule has 256 valence electrons. The number of hydrogen-bond acceptors (Lipinski definition) is 5. The Balaban J connectivity index is 0.981. The van der Waals surface area contributed by atoms with Gasteiger partial charge in [-0.25, -0.2) is 0 Å². The van der Waals surface area contributed by atoms with E-state index in [1.807, 2.05) is 109 Å². The van der Waals surface area contributed by atoms with Gasteiger partial charge in [-0.1, -0.05) is 98.1 Å². The van der Waals surface area contributed by atoms with Crippen molar-refractivity contribution in [1.82, 2.24) is 15.2 Å². The number of nitrogens with zero attached hydrogens (tertiary/aromatic N) is 3. The summed E-state index contributed by atoms with van der Waals surface area (Å²) < 4.78 is 0. The molecule has 51 heavy (non-hydrogen) atoms. The molecule has 1 aliphatic rings. The zero-order valence-corrected chi connectivity index (χ0v) is 29.0. The van der Waals surface area contributed by atoms with E-state index in [4.69, 9.17) is 4.98 Å². The molecule has 0 aliphatic carbocycles. The Morgan fingerprint density at radius 1 is 0.725 bits per heavy atom. The highest BCUT2D eigenvalue weighted by molar-refractivity contribution is 6.04. The van der Waals surface area contributed by atoms with Gasteiger partial charge in [-0.3, -0.25) is 14.6 Å². The van der Waals surface area contributed by atoms with E-state index in [1.54, 1.807) is 12.2 Å². The third-order valence-electron chi connectivity index (χ3n) is 9.15. The van der Waals surface area contributed by atoms with Crippen molar-refractivity contribution in [2.45, 2.75) is 13.0 Å². The van der Waals surface area contributed by atoms with Gasteiger partial charge in [0, 0.05) is 67.0 Å². The number of likely N-dealkylation sites (N-methyl/N-ethyl adjacent to an activating group) is 1. The molecule has 0 spiro atoms. The number of pyridine rings is 1. The quantitative estimate of drug-likeness (QED) is 0.131. The van der Waals surface area contributed by atoms with Gasteiger partial charge < -0.3 is 20.4 Å². The Morgan fingerprint density at radius 3 is 1.98 bits per heavy atom. The number of amides is 2. The third-order valence-corrected chi connectivity index (χ3v) is 9.15. The first-order valence-electron chi connectivity index (χ1n) is 17.2. The molecule has 1 aliphatic heterocycles. The molecule has 2 heterocycles. The number of rotatable bonds is 12. The fraction of sp³-hybridized carbons (Fsp3) is 0.159. The number of anilines is 2. The van der Waals surface area contributed by atoms with Crippen molar-refractivity contribution in [3.05, 3.63) is 169 Å². The van der Waals surface area contributed by atoms with E-state index in [2.05, 4.69) is 52.8 Å². The summed E-state index contributed by atoms with van der Waals surface area (Å²) in [4.78, 5) is 35.0. The van der Waals surface area contributed by atoms with Gasteiger partial charge in [-0.15, -0.1) is 0 Å². The number of carbonyl (C=O) groups excluding carboxylic acids is 2. The highest BCUT2D eigenvalue weighted by Crippen LogP contribution is 2.25. The second kappa shape index (κ2) is 16.6. The molecule has 0 saturated carbocycles. The summed E-state index contributed by atoms with van der Waals surface area (Å²) in [5.41, 5.74) is 10.3. The third kappa shape index (κ3) is 9.15. The minimum Gasteiger partial charge on any atom is -0.369 e. The second-order valence-corrected chi connectivity index (χ2v) is 12.7. The van der Waals surface area contributed by atoms with Crippen LogP contribution in [0.2, 0.25) is 0 Å². The molecule has 1 fully saturated rings. The summed E-state index contributed by atoms with van der Waals surface area (Å²) in [6.45, 7) is 12.2. The van der Waals surface area contributed by atoms with Crippen LogP contribution in [-0.4, -0.2) is 54.9 Å². The van der Waals surface area contributed by atoms with Gasteiger partial charge in [-0.2, -0.15) is 0 Å². The molecular formula is C44H43N5O2. The van der Waals surface area contributed by atoms with Gasteiger partial charge in [0.25, 0.3) is 5.91 Å². The average molecular weight is 674 g/mol. The molecule has 5 aromatic rings. The predicted octanol–water partition coefficient (Wildman–Crippen LogP) is 8.03. The van der Waals surface area contributed by atoms with Crippen molar-refractivity contribution in [2.75, 3.05) is 43.4 Å². The molecule has 1 aromatic heterocycles. The van der Waals surface area contributed by atoms with Crippen molar-refractivity contribution in [3.63, 3.8) is 0 Å². The van der Waals surface area contributed by atoms with Crippen molar-refractivity contribution in [3.8, 4) is 22.4 Å². The largest absolute Gasteiger partial charge is 0.369 e. The van der Waals surface area contributed by atoms with Crippen LogP contribution in [0.3, 0.4) is 0 Å². The smallest absolute Gasteiger partial charge is 0.255 e. The van der Waals surface area contributed by atoms with Crippen LogP contribution < -0.4 is 15.5 Å². The zero-order chi connectivity index (χ0) is 35.6. The predicted molar refractivity (Wildman–Crippen MR) is 210 cm³/mol.